The quantitative estimate of drug-likeness (QED) is 0.688. The van der Waals surface area contributed by atoms with Gasteiger partial charge in [-0.15, -0.1) is 0 Å². The summed E-state index contributed by atoms with van der Waals surface area (Å²) in [4.78, 5) is 24.1. The number of aromatic nitrogens is 2. The first-order valence-electron chi connectivity index (χ1n) is 10.3. The van der Waals surface area contributed by atoms with Gasteiger partial charge in [0, 0.05) is 56.7 Å². The van der Waals surface area contributed by atoms with Gasteiger partial charge >= 0.3 is 0 Å². The van der Waals surface area contributed by atoms with Crippen molar-refractivity contribution in [3.05, 3.63) is 30.9 Å². The summed E-state index contributed by atoms with van der Waals surface area (Å²) in [6, 6.07) is 2.24. The highest BCUT2D eigenvalue weighted by Crippen LogP contribution is 2.24. The normalized spacial score (nSPS) is 23.3. The number of rotatable bonds is 7. The van der Waals surface area contributed by atoms with Crippen LogP contribution in [0.2, 0.25) is 0 Å². The van der Waals surface area contributed by atoms with Crippen molar-refractivity contribution in [1.29, 1.82) is 0 Å². The van der Waals surface area contributed by atoms with Gasteiger partial charge in [0.25, 0.3) is 0 Å². The molecule has 4 rings (SSSR count). The maximum atomic E-state index is 6.04. The Bertz CT molecular complexity index is 641. The van der Waals surface area contributed by atoms with E-state index in [0.29, 0.717) is 6.04 Å². The van der Waals surface area contributed by atoms with Gasteiger partial charge in [-0.1, -0.05) is 6.42 Å². The van der Waals surface area contributed by atoms with Crippen LogP contribution in [0.4, 0.5) is 5.95 Å². The third kappa shape index (κ3) is 4.84. The van der Waals surface area contributed by atoms with Crippen LogP contribution >= 0.6 is 0 Å². The van der Waals surface area contributed by atoms with E-state index < -0.39 is 0 Å². The lowest BCUT2D eigenvalue weighted by atomic mass is 9.92. The van der Waals surface area contributed by atoms with Gasteiger partial charge in [-0.3, -0.25) is 19.8 Å². The number of anilines is 1. The van der Waals surface area contributed by atoms with Crippen molar-refractivity contribution < 1.29 is 4.84 Å². The van der Waals surface area contributed by atoms with Gasteiger partial charge in [-0.05, 0) is 44.7 Å². The van der Waals surface area contributed by atoms with Crippen molar-refractivity contribution in [1.82, 2.24) is 19.9 Å². The van der Waals surface area contributed by atoms with E-state index in [9.17, 15) is 0 Å². The number of piperazine rings is 1. The minimum absolute atomic E-state index is 0.372. The van der Waals surface area contributed by atoms with E-state index in [1.54, 1.807) is 0 Å². The van der Waals surface area contributed by atoms with Crippen LogP contribution in [0.1, 0.15) is 38.5 Å². The molecule has 146 valence electrons. The minimum atomic E-state index is 0.372. The molecular formula is C20H30N6O. The van der Waals surface area contributed by atoms with Crippen LogP contribution in [-0.4, -0.2) is 71.0 Å². The zero-order valence-corrected chi connectivity index (χ0v) is 16.0. The summed E-state index contributed by atoms with van der Waals surface area (Å²) in [7, 11) is 0. The van der Waals surface area contributed by atoms with Gasteiger partial charge in [0.05, 0.1) is 12.6 Å². The van der Waals surface area contributed by atoms with Crippen LogP contribution in [0.15, 0.2) is 35.9 Å². The molecule has 27 heavy (non-hydrogen) atoms. The second-order valence-corrected chi connectivity index (χ2v) is 7.46. The molecule has 1 aromatic heterocycles. The second kappa shape index (κ2) is 9.28. The first kappa shape index (κ1) is 18.4. The number of fused-ring (bicyclic) bond motifs is 1. The highest BCUT2D eigenvalue weighted by molar-refractivity contribution is 5.91. The van der Waals surface area contributed by atoms with E-state index in [4.69, 9.17) is 4.84 Å². The molecule has 7 nitrogen and oxygen atoms in total. The fraction of sp³-hybridized carbons (Fsp3) is 0.650. The van der Waals surface area contributed by atoms with Crippen molar-refractivity contribution in [2.45, 2.75) is 44.6 Å². The maximum Gasteiger partial charge on any atom is 0.225 e. The summed E-state index contributed by atoms with van der Waals surface area (Å²) in [6.45, 7) is 6.09. The zero-order chi connectivity index (χ0) is 18.3. The molecule has 2 aliphatic heterocycles. The van der Waals surface area contributed by atoms with Gasteiger partial charge in [0.1, 0.15) is 0 Å². The van der Waals surface area contributed by atoms with E-state index in [1.165, 1.54) is 31.4 Å². The standard InChI is InChI=1S/C20H30N6O/c1-2-7-19-18(6-1)21-10-12-26(19)27-17-4-3-11-24-13-15-25(16-14-24)20-22-8-5-9-23-20/h5,8-10,12,19H,1-4,6-7,11,13-17H2. The fourth-order valence-electron chi connectivity index (χ4n) is 4.07. The molecule has 2 fully saturated rings. The van der Waals surface area contributed by atoms with Crippen LogP contribution in [0.25, 0.3) is 0 Å². The average Bonchev–Trinajstić information content (AvgIpc) is 2.75. The number of unbranched alkanes of at least 4 members (excludes halogenated alkanes) is 1. The Morgan fingerprint density at radius 3 is 2.74 bits per heavy atom. The summed E-state index contributed by atoms with van der Waals surface area (Å²) in [5, 5.41) is 2.04. The van der Waals surface area contributed by atoms with Crippen molar-refractivity contribution in [3.8, 4) is 0 Å². The number of hydroxylamine groups is 2. The van der Waals surface area contributed by atoms with E-state index in [1.807, 2.05) is 35.9 Å². The first-order chi connectivity index (χ1) is 13.4. The summed E-state index contributed by atoms with van der Waals surface area (Å²) >= 11 is 0. The Kier molecular flexibility index (Phi) is 6.32. The molecule has 0 radical (unpaired) electrons. The Morgan fingerprint density at radius 2 is 1.89 bits per heavy atom. The summed E-state index contributed by atoms with van der Waals surface area (Å²) < 4.78 is 0. The molecule has 1 aliphatic carbocycles. The summed E-state index contributed by atoms with van der Waals surface area (Å²) in [6.07, 6.45) is 14.6. The molecule has 1 aromatic rings. The summed E-state index contributed by atoms with van der Waals surface area (Å²) in [5.74, 6) is 0.853. The van der Waals surface area contributed by atoms with E-state index in [2.05, 4.69) is 24.8 Å². The van der Waals surface area contributed by atoms with Crippen molar-refractivity contribution in [3.63, 3.8) is 0 Å². The topological polar surface area (TPSA) is 57.1 Å². The molecule has 7 heteroatoms. The molecule has 0 bridgehead atoms. The highest BCUT2D eigenvalue weighted by Gasteiger charge is 2.27. The van der Waals surface area contributed by atoms with E-state index >= 15 is 0 Å². The Morgan fingerprint density at radius 1 is 1.04 bits per heavy atom. The predicted octanol–water partition coefficient (Wildman–Crippen LogP) is 2.48. The molecule has 0 amide bonds. The number of nitrogens with zero attached hydrogens (tertiary/aromatic N) is 6. The maximum absolute atomic E-state index is 6.04. The lowest BCUT2D eigenvalue weighted by molar-refractivity contribution is -0.139. The Labute approximate surface area is 161 Å². The van der Waals surface area contributed by atoms with Gasteiger partial charge in [-0.2, -0.15) is 0 Å². The average molecular weight is 371 g/mol. The summed E-state index contributed by atoms with van der Waals surface area (Å²) in [5.41, 5.74) is 1.30. The molecule has 1 saturated heterocycles. The molecule has 3 aliphatic rings. The molecule has 0 N–H and O–H groups in total. The van der Waals surface area contributed by atoms with Crippen LogP contribution in [0.3, 0.4) is 0 Å². The predicted molar refractivity (Wildman–Crippen MR) is 107 cm³/mol. The monoisotopic (exact) mass is 370 g/mol. The molecule has 3 heterocycles. The SMILES string of the molecule is C1=CN(OCCCCN2CCN(c3ncccn3)CC2)C2CCCCC2=N1. The highest BCUT2D eigenvalue weighted by atomic mass is 16.7. The Hall–Kier alpha value is -1.99. The zero-order valence-electron chi connectivity index (χ0n) is 16.0. The van der Waals surface area contributed by atoms with Crippen molar-refractivity contribution >= 4 is 11.7 Å². The van der Waals surface area contributed by atoms with Crippen molar-refractivity contribution in [2.24, 2.45) is 4.99 Å². The van der Waals surface area contributed by atoms with Gasteiger partial charge in [0.15, 0.2) is 0 Å². The van der Waals surface area contributed by atoms with Crippen LogP contribution < -0.4 is 4.90 Å². The van der Waals surface area contributed by atoms with Crippen LogP contribution in [-0.2, 0) is 4.84 Å². The van der Waals surface area contributed by atoms with Gasteiger partial charge in [0.2, 0.25) is 5.95 Å². The third-order valence-electron chi connectivity index (χ3n) is 5.62. The largest absolute Gasteiger partial charge is 0.338 e. The molecule has 0 spiro atoms. The molecular weight excluding hydrogens is 340 g/mol. The second-order valence-electron chi connectivity index (χ2n) is 7.46. The van der Waals surface area contributed by atoms with E-state index in [0.717, 1.165) is 58.1 Å². The van der Waals surface area contributed by atoms with Crippen LogP contribution in [0, 0.1) is 0 Å². The lowest BCUT2D eigenvalue weighted by Crippen LogP contribution is -2.47. The lowest BCUT2D eigenvalue weighted by Gasteiger charge is -2.35. The minimum Gasteiger partial charge on any atom is -0.338 e. The fourth-order valence-corrected chi connectivity index (χ4v) is 4.07. The Balaban J connectivity index is 1.11. The molecule has 1 unspecified atom stereocenters. The number of hydrogen-bond acceptors (Lipinski definition) is 7. The van der Waals surface area contributed by atoms with Crippen LogP contribution in [0.5, 0.6) is 0 Å². The first-order valence-corrected chi connectivity index (χ1v) is 10.3. The smallest absolute Gasteiger partial charge is 0.225 e. The molecule has 0 aromatic carbocycles. The number of hydrogen-bond donors (Lipinski definition) is 0. The molecule has 1 atom stereocenters. The van der Waals surface area contributed by atoms with E-state index in [-0.39, 0.29) is 0 Å². The van der Waals surface area contributed by atoms with Gasteiger partial charge in [-0.25, -0.2) is 9.97 Å². The van der Waals surface area contributed by atoms with Crippen molar-refractivity contribution in [2.75, 3.05) is 44.2 Å². The molecule has 1 saturated carbocycles. The number of aliphatic imine (C=N–C) groups is 1. The van der Waals surface area contributed by atoms with Gasteiger partial charge < -0.3 is 4.90 Å². The third-order valence-corrected chi connectivity index (χ3v) is 5.62.